The van der Waals surface area contributed by atoms with E-state index in [1.165, 1.54) is 17.5 Å². The Morgan fingerprint density at radius 3 is 2.87 bits per heavy atom. The van der Waals surface area contributed by atoms with E-state index in [1.54, 1.807) is 0 Å². The van der Waals surface area contributed by atoms with Gasteiger partial charge < -0.3 is 10.4 Å². The average molecular weight is 205 g/mol. The van der Waals surface area contributed by atoms with Gasteiger partial charge in [0.25, 0.3) is 0 Å². The highest BCUT2D eigenvalue weighted by molar-refractivity contribution is 5.30. The Morgan fingerprint density at radius 2 is 2.27 bits per heavy atom. The van der Waals surface area contributed by atoms with Crippen LogP contribution in [-0.4, -0.2) is 24.8 Å². The lowest BCUT2D eigenvalue weighted by molar-refractivity contribution is 0.230. The summed E-state index contributed by atoms with van der Waals surface area (Å²) in [5.41, 5.74) is 2.61. The number of benzene rings is 1. The zero-order valence-corrected chi connectivity index (χ0v) is 9.24. The number of nitrogens with one attached hydrogen (secondary N) is 1. The molecule has 82 valence electrons. The predicted octanol–water partition coefficient (Wildman–Crippen LogP) is 1.68. The van der Waals surface area contributed by atoms with Gasteiger partial charge in [0.15, 0.2) is 0 Å². The van der Waals surface area contributed by atoms with Gasteiger partial charge in [-0.05, 0) is 43.5 Å². The Kier molecular flexibility index (Phi) is 3.39. The van der Waals surface area contributed by atoms with Crippen molar-refractivity contribution in [3.05, 3.63) is 35.4 Å². The molecular weight excluding hydrogens is 186 g/mol. The molecule has 2 heteroatoms. The van der Waals surface area contributed by atoms with E-state index in [0.29, 0.717) is 11.8 Å². The van der Waals surface area contributed by atoms with Crippen LogP contribution in [0.4, 0.5) is 0 Å². The van der Waals surface area contributed by atoms with Gasteiger partial charge in [0.05, 0.1) is 6.61 Å². The summed E-state index contributed by atoms with van der Waals surface area (Å²) in [6.45, 7) is 4.52. The smallest absolute Gasteiger partial charge is 0.0502 e. The minimum absolute atomic E-state index is 0.261. The van der Waals surface area contributed by atoms with Crippen LogP contribution in [0.1, 0.15) is 23.5 Å². The molecule has 0 aromatic heterocycles. The van der Waals surface area contributed by atoms with E-state index < -0.39 is 0 Å². The third kappa shape index (κ3) is 2.21. The van der Waals surface area contributed by atoms with Crippen LogP contribution in [0, 0.1) is 12.8 Å². The molecule has 2 unspecified atom stereocenters. The van der Waals surface area contributed by atoms with Gasteiger partial charge in [-0.3, -0.25) is 0 Å². The molecule has 1 aliphatic heterocycles. The molecule has 0 saturated carbocycles. The first-order valence-electron chi connectivity index (χ1n) is 5.70. The summed E-state index contributed by atoms with van der Waals surface area (Å²) in [6.07, 6.45) is 1.18. The maximum absolute atomic E-state index is 9.54. The minimum atomic E-state index is 0.261. The fourth-order valence-electron chi connectivity index (χ4n) is 2.52. The molecule has 2 N–H and O–H groups in total. The molecule has 1 saturated heterocycles. The first-order chi connectivity index (χ1) is 7.33. The largest absolute Gasteiger partial charge is 0.396 e. The van der Waals surface area contributed by atoms with E-state index in [9.17, 15) is 5.11 Å². The van der Waals surface area contributed by atoms with E-state index in [4.69, 9.17) is 0 Å². The van der Waals surface area contributed by atoms with Crippen LogP contribution in [0.2, 0.25) is 0 Å². The topological polar surface area (TPSA) is 32.3 Å². The lowest BCUT2D eigenvalue weighted by atomic mass is 9.84. The van der Waals surface area contributed by atoms with Gasteiger partial charge in [0, 0.05) is 5.92 Å². The van der Waals surface area contributed by atoms with Gasteiger partial charge in [-0.15, -0.1) is 0 Å². The summed E-state index contributed by atoms with van der Waals surface area (Å²) in [5.74, 6) is 0.900. The number of rotatable bonds is 3. The van der Waals surface area contributed by atoms with Crippen LogP contribution in [0.25, 0.3) is 0 Å². The molecular formula is C13H19NO. The molecule has 1 heterocycles. The molecule has 1 aliphatic rings. The van der Waals surface area contributed by atoms with Crippen molar-refractivity contribution in [1.29, 1.82) is 0 Å². The van der Waals surface area contributed by atoms with Crippen molar-refractivity contribution in [2.75, 3.05) is 19.7 Å². The van der Waals surface area contributed by atoms with Gasteiger partial charge in [0.2, 0.25) is 0 Å². The van der Waals surface area contributed by atoms with Crippen molar-refractivity contribution in [2.45, 2.75) is 19.3 Å². The SMILES string of the molecule is Cc1ccccc1C(CO)C1CCNC1. The highest BCUT2D eigenvalue weighted by Gasteiger charge is 2.26. The molecule has 2 nitrogen and oxygen atoms in total. The Morgan fingerprint density at radius 1 is 1.47 bits per heavy atom. The van der Waals surface area contributed by atoms with E-state index in [0.717, 1.165) is 13.1 Å². The molecule has 1 fully saturated rings. The van der Waals surface area contributed by atoms with E-state index in [1.807, 2.05) is 0 Å². The highest BCUT2D eigenvalue weighted by atomic mass is 16.3. The molecule has 0 spiro atoms. The second kappa shape index (κ2) is 4.77. The third-order valence-corrected chi connectivity index (χ3v) is 3.45. The Hall–Kier alpha value is -0.860. The monoisotopic (exact) mass is 205 g/mol. The maximum Gasteiger partial charge on any atom is 0.0502 e. The van der Waals surface area contributed by atoms with Crippen LogP contribution >= 0.6 is 0 Å². The molecule has 0 radical (unpaired) electrons. The zero-order chi connectivity index (χ0) is 10.7. The lowest BCUT2D eigenvalue weighted by Crippen LogP contribution is -2.20. The van der Waals surface area contributed by atoms with E-state index in [2.05, 4.69) is 36.5 Å². The summed E-state index contributed by atoms with van der Waals surface area (Å²) in [6, 6.07) is 8.39. The molecule has 1 aromatic rings. The summed E-state index contributed by atoms with van der Waals surface area (Å²) < 4.78 is 0. The van der Waals surface area contributed by atoms with Crippen molar-refractivity contribution >= 4 is 0 Å². The van der Waals surface area contributed by atoms with Crippen molar-refractivity contribution in [3.8, 4) is 0 Å². The number of hydrogen-bond donors (Lipinski definition) is 2. The summed E-state index contributed by atoms with van der Waals surface area (Å²) in [5, 5.41) is 12.9. The quantitative estimate of drug-likeness (QED) is 0.787. The van der Waals surface area contributed by atoms with Gasteiger partial charge in [-0.25, -0.2) is 0 Å². The molecule has 0 aliphatic carbocycles. The Labute approximate surface area is 91.3 Å². The fraction of sp³-hybridized carbons (Fsp3) is 0.538. The second-order valence-electron chi connectivity index (χ2n) is 4.40. The third-order valence-electron chi connectivity index (χ3n) is 3.45. The molecule has 0 amide bonds. The van der Waals surface area contributed by atoms with Crippen molar-refractivity contribution in [1.82, 2.24) is 5.32 Å². The summed E-state index contributed by atoms with van der Waals surface area (Å²) in [7, 11) is 0. The number of aliphatic hydroxyl groups excluding tert-OH is 1. The fourth-order valence-corrected chi connectivity index (χ4v) is 2.52. The average Bonchev–Trinajstić information content (AvgIpc) is 2.75. The molecule has 1 aromatic carbocycles. The first kappa shape index (κ1) is 10.7. The maximum atomic E-state index is 9.54. The predicted molar refractivity (Wildman–Crippen MR) is 62.0 cm³/mol. The van der Waals surface area contributed by atoms with Gasteiger partial charge in [-0.1, -0.05) is 24.3 Å². The van der Waals surface area contributed by atoms with Gasteiger partial charge >= 0.3 is 0 Å². The van der Waals surface area contributed by atoms with Crippen LogP contribution in [0.15, 0.2) is 24.3 Å². The minimum Gasteiger partial charge on any atom is -0.396 e. The van der Waals surface area contributed by atoms with Gasteiger partial charge in [-0.2, -0.15) is 0 Å². The summed E-state index contributed by atoms with van der Waals surface area (Å²) in [4.78, 5) is 0. The van der Waals surface area contributed by atoms with Crippen LogP contribution in [0.5, 0.6) is 0 Å². The lowest BCUT2D eigenvalue weighted by Gasteiger charge is -2.22. The second-order valence-corrected chi connectivity index (χ2v) is 4.40. The molecule has 2 rings (SSSR count). The van der Waals surface area contributed by atoms with E-state index in [-0.39, 0.29) is 6.61 Å². The highest BCUT2D eigenvalue weighted by Crippen LogP contribution is 2.30. The van der Waals surface area contributed by atoms with Crippen molar-refractivity contribution in [2.24, 2.45) is 5.92 Å². The molecule has 15 heavy (non-hydrogen) atoms. The first-order valence-corrected chi connectivity index (χ1v) is 5.70. The van der Waals surface area contributed by atoms with Crippen LogP contribution in [0.3, 0.4) is 0 Å². The van der Waals surface area contributed by atoms with Crippen molar-refractivity contribution in [3.63, 3.8) is 0 Å². The number of hydrogen-bond acceptors (Lipinski definition) is 2. The zero-order valence-electron chi connectivity index (χ0n) is 9.24. The van der Waals surface area contributed by atoms with Crippen molar-refractivity contribution < 1.29 is 5.11 Å². The summed E-state index contributed by atoms with van der Waals surface area (Å²) >= 11 is 0. The molecule has 2 atom stereocenters. The number of aryl methyl sites for hydroxylation is 1. The van der Waals surface area contributed by atoms with Gasteiger partial charge in [0.1, 0.15) is 0 Å². The van der Waals surface area contributed by atoms with Crippen LogP contribution in [-0.2, 0) is 0 Å². The Balaban J connectivity index is 2.22. The normalized spacial score (nSPS) is 22.9. The van der Waals surface area contributed by atoms with Crippen LogP contribution < -0.4 is 5.32 Å². The molecule has 0 bridgehead atoms. The standard InChI is InChI=1S/C13H19NO/c1-10-4-2-3-5-12(10)13(9-15)11-6-7-14-8-11/h2-5,11,13-15H,6-9H2,1H3. The number of aliphatic hydroxyl groups is 1. The Bertz CT molecular complexity index is 318. The van der Waals surface area contributed by atoms with E-state index >= 15 is 0 Å².